The van der Waals surface area contributed by atoms with E-state index in [1.165, 1.54) is 80.2 Å². The average Bonchev–Trinajstić information content (AvgIpc) is 3.52. The molecular formula is C41H29NSe. The van der Waals surface area contributed by atoms with E-state index in [0.717, 1.165) is 0 Å². The van der Waals surface area contributed by atoms with Crippen LogP contribution in [0.15, 0.2) is 140 Å². The van der Waals surface area contributed by atoms with Crippen molar-refractivity contribution in [1.82, 2.24) is 0 Å². The van der Waals surface area contributed by atoms with E-state index >= 15 is 0 Å². The predicted molar refractivity (Wildman–Crippen MR) is 186 cm³/mol. The Balaban J connectivity index is 1.23. The molecule has 1 aliphatic carbocycles. The maximum atomic E-state index is 2.44. The van der Waals surface area contributed by atoms with Gasteiger partial charge in [-0.1, -0.05) is 12.1 Å². The Morgan fingerprint density at radius 2 is 1.12 bits per heavy atom. The van der Waals surface area contributed by atoms with Crippen LogP contribution in [0.4, 0.5) is 17.1 Å². The molecule has 0 unspecified atom stereocenters. The summed E-state index contributed by atoms with van der Waals surface area (Å²) >= 11 is 0.257. The van der Waals surface area contributed by atoms with Gasteiger partial charge in [0.05, 0.1) is 0 Å². The molecule has 0 aliphatic heterocycles. The molecule has 204 valence electrons. The van der Waals surface area contributed by atoms with Crippen molar-refractivity contribution in [2.45, 2.75) is 19.3 Å². The summed E-state index contributed by atoms with van der Waals surface area (Å²) in [7, 11) is 0. The third kappa shape index (κ3) is 3.70. The van der Waals surface area contributed by atoms with E-state index in [-0.39, 0.29) is 19.9 Å². The van der Waals surface area contributed by atoms with Crippen LogP contribution in [0, 0.1) is 0 Å². The zero-order valence-electron chi connectivity index (χ0n) is 24.1. The van der Waals surface area contributed by atoms with Crippen molar-refractivity contribution in [2.75, 3.05) is 4.90 Å². The van der Waals surface area contributed by atoms with Crippen LogP contribution in [0.2, 0.25) is 0 Å². The van der Waals surface area contributed by atoms with Crippen molar-refractivity contribution < 1.29 is 0 Å². The standard InChI is InChI=1S/C41H29NSe/c1-41(2)37-23-28-12-7-6-11-27(28)22-36(37)33-20-17-30(24-38(33)41)42(29-13-4-3-5-14-29)31-18-21-34-35-19-16-26-10-8-9-15-32(26)40(35)43-39(34)25-31/h3-25H,1-2H3. The van der Waals surface area contributed by atoms with Crippen LogP contribution in [0.5, 0.6) is 0 Å². The van der Waals surface area contributed by atoms with Crippen molar-refractivity contribution in [3.05, 3.63) is 151 Å². The molecule has 1 nitrogen and oxygen atoms in total. The summed E-state index contributed by atoms with van der Waals surface area (Å²) in [5, 5.41) is 8.12. The van der Waals surface area contributed by atoms with E-state index in [9.17, 15) is 0 Å². The molecule has 2 heteroatoms. The van der Waals surface area contributed by atoms with Gasteiger partial charge < -0.3 is 0 Å². The van der Waals surface area contributed by atoms with E-state index in [1.54, 1.807) is 0 Å². The normalized spacial score (nSPS) is 13.5. The van der Waals surface area contributed by atoms with Gasteiger partial charge in [-0.15, -0.1) is 0 Å². The molecule has 0 fully saturated rings. The van der Waals surface area contributed by atoms with Gasteiger partial charge in [-0.3, -0.25) is 0 Å². The van der Waals surface area contributed by atoms with Crippen LogP contribution in [-0.2, 0) is 5.41 Å². The first kappa shape index (κ1) is 24.9. The monoisotopic (exact) mass is 615 g/mol. The van der Waals surface area contributed by atoms with Crippen molar-refractivity contribution in [3.63, 3.8) is 0 Å². The summed E-state index contributed by atoms with van der Waals surface area (Å²) in [6.07, 6.45) is 0. The van der Waals surface area contributed by atoms with Crippen molar-refractivity contribution in [3.8, 4) is 11.1 Å². The first-order valence-corrected chi connectivity index (χ1v) is 16.6. The number of fused-ring (bicyclic) bond motifs is 9. The third-order valence-corrected chi connectivity index (χ3v) is 11.9. The third-order valence-electron chi connectivity index (χ3n) is 9.40. The maximum absolute atomic E-state index is 2.44. The Hall–Kier alpha value is -4.62. The molecule has 9 rings (SSSR count). The van der Waals surface area contributed by atoms with Gasteiger partial charge in [0, 0.05) is 0 Å². The zero-order chi connectivity index (χ0) is 28.7. The molecule has 8 aromatic rings. The fourth-order valence-electron chi connectivity index (χ4n) is 7.20. The molecule has 0 spiro atoms. The second-order valence-corrected chi connectivity index (χ2v) is 14.4. The number of hydrogen-bond donors (Lipinski definition) is 0. The topological polar surface area (TPSA) is 3.24 Å². The second kappa shape index (κ2) is 9.19. The van der Waals surface area contributed by atoms with Crippen molar-refractivity contribution in [1.29, 1.82) is 0 Å². The van der Waals surface area contributed by atoms with Crippen LogP contribution in [0.3, 0.4) is 0 Å². The van der Waals surface area contributed by atoms with E-state index < -0.39 is 0 Å². The molecule has 0 saturated heterocycles. The van der Waals surface area contributed by atoms with E-state index in [2.05, 4.69) is 158 Å². The van der Waals surface area contributed by atoms with Gasteiger partial charge in [0.15, 0.2) is 0 Å². The van der Waals surface area contributed by atoms with Crippen molar-refractivity contribution in [2.24, 2.45) is 0 Å². The second-order valence-electron chi connectivity index (χ2n) is 12.2. The fraction of sp³-hybridized carbons (Fsp3) is 0.0732. The van der Waals surface area contributed by atoms with Crippen LogP contribution < -0.4 is 4.90 Å². The molecular weight excluding hydrogens is 585 g/mol. The van der Waals surface area contributed by atoms with Crippen LogP contribution in [0.1, 0.15) is 25.0 Å². The molecule has 7 aromatic carbocycles. The van der Waals surface area contributed by atoms with Gasteiger partial charge in [0.25, 0.3) is 0 Å². The molecule has 0 saturated carbocycles. The number of rotatable bonds is 3. The van der Waals surface area contributed by atoms with Gasteiger partial charge in [-0.25, -0.2) is 0 Å². The Kier molecular flexibility index (Phi) is 5.33. The Bertz CT molecular complexity index is 2380. The number of anilines is 3. The van der Waals surface area contributed by atoms with Crippen LogP contribution in [-0.4, -0.2) is 14.5 Å². The predicted octanol–water partition coefficient (Wildman–Crippen LogP) is 11.1. The molecule has 43 heavy (non-hydrogen) atoms. The van der Waals surface area contributed by atoms with Gasteiger partial charge >= 0.3 is 246 Å². The SMILES string of the molecule is CC1(C)c2cc(N(c3ccccc3)c3ccc4c(c3)[se]c3c5ccccc5ccc43)ccc2-c2cc3ccccc3cc21. The Morgan fingerprint density at radius 3 is 1.95 bits per heavy atom. The molecule has 0 N–H and O–H groups in total. The number of benzene rings is 7. The Labute approximate surface area is 257 Å². The Morgan fingerprint density at radius 1 is 0.465 bits per heavy atom. The number of para-hydroxylation sites is 1. The first-order valence-electron chi connectivity index (χ1n) is 14.9. The summed E-state index contributed by atoms with van der Waals surface area (Å²) < 4.78 is 2.96. The number of hydrogen-bond acceptors (Lipinski definition) is 1. The molecule has 1 heterocycles. The zero-order valence-corrected chi connectivity index (χ0v) is 25.8. The summed E-state index contributed by atoms with van der Waals surface area (Å²) in [5.74, 6) is 0. The summed E-state index contributed by atoms with van der Waals surface area (Å²) in [5.41, 5.74) is 9.01. The summed E-state index contributed by atoms with van der Waals surface area (Å²) in [6, 6.07) is 52.0. The van der Waals surface area contributed by atoms with Gasteiger partial charge in [0.1, 0.15) is 0 Å². The molecule has 0 amide bonds. The molecule has 0 atom stereocenters. The summed E-state index contributed by atoms with van der Waals surface area (Å²) in [6.45, 7) is 4.76. The van der Waals surface area contributed by atoms with Crippen LogP contribution >= 0.6 is 0 Å². The van der Waals surface area contributed by atoms with Gasteiger partial charge in [-0.05, 0) is 0 Å². The minimum atomic E-state index is -0.0865. The van der Waals surface area contributed by atoms with Gasteiger partial charge in [-0.2, -0.15) is 0 Å². The first-order chi connectivity index (χ1) is 21.1. The van der Waals surface area contributed by atoms with Crippen LogP contribution in [0.25, 0.3) is 52.0 Å². The fourth-order valence-corrected chi connectivity index (χ4v) is 9.87. The average molecular weight is 615 g/mol. The minimum absolute atomic E-state index is 0.0865. The van der Waals surface area contributed by atoms with Gasteiger partial charge in [0.2, 0.25) is 0 Å². The molecule has 1 aliphatic rings. The molecule has 1 aromatic heterocycles. The summed E-state index contributed by atoms with van der Waals surface area (Å²) in [4.78, 5) is 2.44. The van der Waals surface area contributed by atoms with E-state index in [1.807, 2.05) is 0 Å². The molecule has 0 radical (unpaired) electrons. The number of nitrogens with zero attached hydrogens (tertiary/aromatic N) is 1. The van der Waals surface area contributed by atoms with E-state index in [0.29, 0.717) is 0 Å². The van der Waals surface area contributed by atoms with E-state index in [4.69, 9.17) is 0 Å². The molecule has 0 bridgehead atoms. The quantitative estimate of drug-likeness (QED) is 0.179. The van der Waals surface area contributed by atoms with Crippen molar-refractivity contribution >= 4 is 72.4 Å².